The number of ether oxygens (including phenoxy) is 1. The van der Waals surface area contributed by atoms with Gasteiger partial charge in [0.1, 0.15) is 11.6 Å². The summed E-state index contributed by atoms with van der Waals surface area (Å²) in [7, 11) is 0. The topological polar surface area (TPSA) is 67.8 Å². The van der Waals surface area contributed by atoms with Crippen molar-refractivity contribution in [3.05, 3.63) is 100 Å². The van der Waals surface area contributed by atoms with Crippen LogP contribution in [0, 0.1) is 5.82 Å². The summed E-state index contributed by atoms with van der Waals surface area (Å²) >= 11 is 5.80. The summed E-state index contributed by atoms with van der Waals surface area (Å²) in [6, 6.07) is 18.1. The van der Waals surface area contributed by atoms with Crippen LogP contribution in [0.5, 0.6) is 5.75 Å². The summed E-state index contributed by atoms with van der Waals surface area (Å²) in [5, 5.41) is 4.38. The number of hydrogen-bond acceptors (Lipinski definition) is 4. The number of halogens is 2. The number of carbonyl (C=O) groups excluding carboxylic acids is 2. The average Bonchev–Trinajstić information content (AvgIpc) is 2.69. The maximum atomic E-state index is 12.9. The fraction of sp³-hybridized carbons (Fsp3) is 0. The highest BCUT2D eigenvalue weighted by atomic mass is 35.5. The molecular formula is C21H14ClFN2O3. The molecule has 3 aromatic carbocycles. The molecule has 0 heterocycles. The van der Waals surface area contributed by atoms with Gasteiger partial charge >= 0.3 is 5.97 Å². The number of hydrogen-bond donors (Lipinski definition) is 1. The van der Waals surface area contributed by atoms with E-state index in [1.54, 1.807) is 48.5 Å². The molecule has 0 unspecified atom stereocenters. The highest BCUT2D eigenvalue weighted by molar-refractivity contribution is 6.30. The summed E-state index contributed by atoms with van der Waals surface area (Å²) in [6.07, 6.45) is 1.40. The Kier molecular flexibility index (Phi) is 6.14. The number of amides is 1. The van der Waals surface area contributed by atoms with E-state index in [0.717, 1.165) is 0 Å². The minimum absolute atomic E-state index is 0.282. The zero-order valence-electron chi connectivity index (χ0n) is 14.4. The third kappa shape index (κ3) is 5.25. The summed E-state index contributed by atoms with van der Waals surface area (Å²) in [6.45, 7) is 0. The van der Waals surface area contributed by atoms with Crippen molar-refractivity contribution in [1.82, 2.24) is 5.43 Å². The third-order valence-electron chi connectivity index (χ3n) is 3.63. The van der Waals surface area contributed by atoms with E-state index in [1.807, 2.05) is 0 Å². The smallest absolute Gasteiger partial charge is 0.343 e. The molecule has 0 radical (unpaired) electrons. The average molecular weight is 397 g/mol. The summed E-state index contributed by atoms with van der Waals surface area (Å²) < 4.78 is 18.2. The summed E-state index contributed by atoms with van der Waals surface area (Å²) in [5.41, 5.74) is 3.61. The molecule has 0 saturated carbocycles. The van der Waals surface area contributed by atoms with Gasteiger partial charge in [-0.15, -0.1) is 0 Å². The first-order valence-electron chi connectivity index (χ1n) is 8.18. The molecule has 3 rings (SSSR count). The van der Waals surface area contributed by atoms with Crippen molar-refractivity contribution in [1.29, 1.82) is 0 Å². The van der Waals surface area contributed by atoms with Gasteiger partial charge in [0.2, 0.25) is 0 Å². The summed E-state index contributed by atoms with van der Waals surface area (Å²) in [4.78, 5) is 24.1. The van der Waals surface area contributed by atoms with Crippen molar-refractivity contribution >= 4 is 29.7 Å². The van der Waals surface area contributed by atoms with E-state index in [2.05, 4.69) is 10.5 Å². The van der Waals surface area contributed by atoms with Gasteiger partial charge in [0.15, 0.2) is 0 Å². The Balaban J connectivity index is 1.61. The van der Waals surface area contributed by atoms with Crippen molar-refractivity contribution in [2.75, 3.05) is 0 Å². The SMILES string of the molecule is O=C(N/N=C/c1cccc(OC(=O)c2ccc(Cl)cc2)c1)c1ccc(F)cc1. The van der Waals surface area contributed by atoms with Crippen molar-refractivity contribution in [3.8, 4) is 5.75 Å². The van der Waals surface area contributed by atoms with Crippen LogP contribution in [0.3, 0.4) is 0 Å². The second-order valence-electron chi connectivity index (χ2n) is 5.67. The van der Waals surface area contributed by atoms with E-state index in [1.165, 1.54) is 30.5 Å². The predicted octanol–water partition coefficient (Wildman–Crippen LogP) is 4.46. The second-order valence-corrected chi connectivity index (χ2v) is 6.11. The van der Waals surface area contributed by atoms with Crippen LogP contribution in [-0.4, -0.2) is 18.1 Å². The van der Waals surface area contributed by atoms with Crippen LogP contribution in [0.1, 0.15) is 26.3 Å². The molecule has 0 aliphatic rings. The summed E-state index contributed by atoms with van der Waals surface area (Å²) in [5.74, 6) is -1.09. The Hall–Kier alpha value is -3.51. The molecule has 5 nitrogen and oxygen atoms in total. The fourth-order valence-electron chi connectivity index (χ4n) is 2.24. The molecule has 28 heavy (non-hydrogen) atoms. The van der Waals surface area contributed by atoms with E-state index < -0.39 is 17.7 Å². The molecule has 7 heteroatoms. The molecule has 0 bridgehead atoms. The first kappa shape index (κ1) is 19.3. The van der Waals surface area contributed by atoms with Crippen LogP contribution in [-0.2, 0) is 0 Å². The molecule has 1 N–H and O–H groups in total. The number of nitrogens with one attached hydrogen (secondary N) is 1. The molecular weight excluding hydrogens is 383 g/mol. The van der Waals surface area contributed by atoms with Gasteiger partial charge in [-0.2, -0.15) is 5.10 Å². The Morgan fingerprint density at radius 2 is 1.64 bits per heavy atom. The molecule has 0 saturated heterocycles. The van der Waals surface area contributed by atoms with E-state index in [4.69, 9.17) is 16.3 Å². The van der Waals surface area contributed by atoms with Crippen LogP contribution in [0.4, 0.5) is 4.39 Å². The van der Waals surface area contributed by atoms with Gasteiger partial charge in [-0.1, -0.05) is 23.7 Å². The molecule has 140 valence electrons. The highest BCUT2D eigenvalue weighted by Gasteiger charge is 2.08. The van der Waals surface area contributed by atoms with Gasteiger partial charge in [-0.3, -0.25) is 4.79 Å². The Morgan fingerprint density at radius 1 is 0.964 bits per heavy atom. The maximum absolute atomic E-state index is 12.9. The van der Waals surface area contributed by atoms with E-state index in [0.29, 0.717) is 21.9 Å². The van der Waals surface area contributed by atoms with E-state index in [9.17, 15) is 14.0 Å². The van der Waals surface area contributed by atoms with Gasteiger partial charge in [0.05, 0.1) is 11.8 Å². The van der Waals surface area contributed by atoms with E-state index in [-0.39, 0.29) is 5.56 Å². The quantitative estimate of drug-likeness (QED) is 0.299. The van der Waals surface area contributed by atoms with Crippen LogP contribution >= 0.6 is 11.6 Å². The minimum Gasteiger partial charge on any atom is -0.423 e. The molecule has 0 aliphatic carbocycles. The number of nitrogens with zero attached hydrogens (tertiary/aromatic N) is 1. The predicted molar refractivity (Wildman–Crippen MR) is 104 cm³/mol. The Morgan fingerprint density at radius 3 is 2.36 bits per heavy atom. The number of hydrazone groups is 1. The molecule has 0 spiro atoms. The molecule has 3 aromatic rings. The van der Waals surface area contributed by atoms with Gasteiger partial charge < -0.3 is 4.74 Å². The third-order valence-corrected chi connectivity index (χ3v) is 3.89. The normalized spacial score (nSPS) is 10.6. The fourth-order valence-corrected chi connectivity index (χ4v) is 2.37. The molecule has 1 amide bonds. The van der Waals surface area contributed by atoms with Crippen molar-refractivity contribution in [2.45, 2.75) is 0 Å². The van der Waals surface area contributed by atoms with Gasteiger partial charge in [-0.05, 0) is 66.2 Å². The zero-order chi connectivity index (χ0) is 19.9. The molecule has 0 atom stereocenters. The molecule has 0 aromatic heterocycles. The van der Waals surface area contributed by atoms with Gasteiger partial charge in [-0.25, -0.2) is 14.6 Å². The molecule has 0 aliphatic heterocycles. The lowest BCUT2D eigenvalue weighted by atomic mass is 10.2. The second kappa shape index (κ2) is 8.92. The molecule has 0 fully saturated rings. The standard InChI is InChI=1S/C21H14ClFN2O3/c22-17-8-4-16(5-9-17)21(27)28-19-3-1-2-14(12-19)13-24-25-20(26)15-6-10-18(23)11-7-15/h1-13H,(H,25,26)/b24-13+. The van der Waals surface area contributed by atoms with E-state index >= 15 is 0 Å². The zero-order valence-corrected chi connectivity index (χ0v) is 15.2. The van der Waals surface area contributed by atoms with Gasteiger partial charge in [0, 0.05) is 10.6 Å². The minimum atomic E-state index is -0.518. The van der Waals surface area contributed by atoms with Crippen LogP contribution in [0.25, 0.3) is 0 Å². The maximum Gasteiger partial charge on any atom is 0.343 e. The Bertz CT molecular complexity index is 1020. The largest absolute Gasteiger partial charge is 0.423 e. The lowest BCUT2D eigenvalue weighted by Crippen LogP contribution is -2.17. The van der Waals surface area contributed by atoms with Crippen molar-refractivity contribution in [3.63, 3.8) is 0 Å². The number of esters is 1. The van der Waals surface area contributed by atoms with Crippen LogP contribution in [0.2, 0.25) is 5.02 Å². The first-order valence-corrected chi connectivity index (χ1v) is 8.56. The lowest BCUT2D eigenvalue weighted by Gasteiger charge is -2.05. The highest BCUT2D eigenvalue weighted by Crippen LogP contribution is 2.16. The van der Waals surface area contributed by atoms with Crippen LogP contribution in [0.15, 0.2) is 77.9 Å². The van der Waals surface area contributed by atoms with Gasteiger partial charge in [0.25, 0.3) is 5.91 Å². The monoisotopic (exact) mass is 396 g/mol. The number of carbonyl (C=O) groups is 2. The van der Waals surface area contributed by atoms with Crippen molar-refractivity contribution < 1.29 is 18.7 Å². The number of benzene rings is 3. The Labute approximate surface area is 165 Å². The van der Waals surface area contributed by atoms with Crippen LogP contribution < -0.4 is 10.2 Å². The lowest BCUT2D eigenvalue weighted by molar-refractivity contribution is 0.0734. The number of rotatable bonds is 5. The first-order chi connectivity index (χ1) is 13.5. The van der Waals surface area contributed by atoms with Crippen molar-refractivity contribution in [2.24, 2.45) is 5.10 Å².